The van der Waals surface area contributed by atoms with Crippen LogP contribution in [0.5, 0.6) is 5.75 Å². The Morgan fingerprint density at radius 2 is 2.12 bits per heavy atom. The first-order chi connectivity index (χ1) is 11.6. The summed E-state index contributed by atoms with van der Waals surface area (Å²) in [6.45, 7) is 2.10. The van der Waals surface area contributed by atoms with Crippen molar-refractivity contribution in [2.45, 2.75) is 31.8 Å². The second kappa shape index (κ2) is 5.79. The van der Waals surface area contributed by atoms with Crippen LogP contribution < -0.4 is 5.32 Å². The number of phenols is 1. The smallest absolute Gasteiger partial charge is 0.227 e. The molecule has 1 aliphatic carbocycles. The molecule has 6 heteroatoms. The van der Waals surface area contributed by atoms with Crippen LogP contribution in [0.1, 0.15) is 31.2 Å². The van der Waals surface area contributed by atoms with Crippen molar-refractivity contribution in [1.82, 2.24) is 14.6 Å². The van der Waals surface area contributed by atoms with E-state index >= 15 is 0 Å². The van der Waals surface area contributed by atoms with Gasteiger partial charge < -0.3 is 15.5 Å². The van der Waals surface area contributed by atoms with Crippen molar-refractivity contribution in [1.29, 1.82) is 0 Å². The summed E-state index contributed by atoms with van der Waals surface area (Å²) in [7, 11) is 0. The van der Waals surface area contributed by atoms with Gasteiger partial charge in [-0.1, -0.05) is 6.07 Å². The molecule has 24 heavy (non-hydrogen) atoms. The monoisotopic (exact) mass is 324 g/mol. The van der Waals surface area contributed by atoms with E-state index in [1.165, 1.54) is 18.4 Å². The maximum absolute atomic E-state index is 10.4. The van der Waals surface area contributed by atoms with Crippen LogP contribution in [0.3, 0.4) is 0 Å². The van der Waals surface area contributed by atoms with Crippen molar-refractivity contribution < 1.29 is 10.2 Å². The third-order valence-electron chi connectivity index (χ3n) is 4.35. The Morgan fingerprint density at radius 3 is 2.83 bits per heavy atom. The fourth-order valence-electron chi connectivity index (χ4n) is 2.93. The maximum Gasteiger partial charge on any atom is 0.227 e. The maximum atomic E-state index is 10.4. The normalized spacial score (nSPS) is 15.6. The predicted octanol–water partition coefficient (Wildman–Crippen LogP) is 2.77. The van der Waals surface area contributed by atoms with Crippen LogP contribution in [0.4, 0.5) is 5.95 Å². The van der Waals surface area contributed by atoms with Gasteiger partial charge in [0.05, 0.1) is 11.6 Å². The van der Waals surface area contributed by atoms with Crippen LogP contribution in [-0.2, 0) is 0 Å². The molecule has 2 heterocycles. The van der Waals surface area contributed by atoms with Gasteiger partial charge in [0.2, 0.25) is 5.95 Å². The van der Waals surface area contributed by atoms with Gasteiger partial charge >= 0.3 is 0 Å². The third kappa shape index (κ3) is 2.69. The van der Waals surface area contributed by atoms with Crippen LogP contribution in [0.15, 0.2) is 36.5 Å². The first kappa shape index (κ1) is 15.0. The molecule has 4 rings (SSSR count). The molecule has 1 atom stereocenters. The summed E-state index contributed by atoms with van der Waals surface area (Å²) >= 11 is 0. The van der Waals surface area contributed by atoms with Gasteiger partial charge in [0, 0.05) is 18.3 Å². The Morgan fingerprint density at radius 1 is 1.29 bits per heavy atom. The lowest BCUT2D eigenvalue weighted by Crippen LogP contribution is -2.18. The number of aliphatic hydroxyl groups excluding tert-OH is 1. The summed E-state index contributed by atoms with van der Waals surface area (Å²) in [4.78, 5) is 0. The number of aromatic nitrogens is 3. The van der Waals surface area contributed by atoms with Crippen LogP contribution in [-0.4, -0.2) is 37.5 Å². The topological polar surface area (TPSA) is 82.7 Å². The molecule has 0 amide bonds. The number of rotatable bonds is 5. The Labute approximate surface area is 139 Å². The number of aromatic hydroxyl groups is 1. The molecule has 1 unspecified atom stereocenters. The molecule has 1 saturated carbocycles. The summed E-state index contributed by atoms with van der Waals surface area (Å²) in [6.07, 6.45) is 3.81. The lowest BCUT2D eigenvalue weighted by atomic mass is 10.0. The summed E-state index contributed by atoms with van der Waals surface area (Å²) in [6, 6.07) is 9.67. The number of nitrogens with one attached hydrogen (secondary N) is 1. The van der Waals surface area contributed by atoms with E-state index in [9.17, 15) is 10.2 Å². The highest BCUT2D eigenvalue weighted by Crippen LogP contribution is 2.43. The largest absolute Gasteiger partial charge is 0.507 e. The minimum absolute atomic E-state index is 0.237. The molecule has 3 aromatic rings. The molecule has 3 N–H and O–H groups in total. The van der Waals surface area contributed by atoms with Gasteiger partial charge in [0.25, 0.3) is 0 Å². The molecule has 2 aromatic heterocycles. The van der Waals surface area contributed by atoms with Gasteiger partial charge in [-0.2, -0.15) is 0 Å². The molecule has 0 bridgehead atoms. The number of phenolic OH excluding ortho intramolecular Hbond substituents is 1. The zero-order valence-electron chi connectivity index (χ0n) is 13.5. The fourth-order valence-corrected chi connectivity index (χ4v) is 2.93. The highest BCUT2D eigenvalue weighted by atomic mass is 16.3. The van der Waals surface area contributed by atoms with Gasteiger partial charge in [-0.15, -0.1) is 10.2 Å². The third-order valence-corrected chi connectivity index (χ3v) is 4.35. The molecule has 0 spiro atoms. The number of hydrogen-bond acceptors (Lipinski definition) is 5. The molecular weight excluding hydrogens is 304 g/mol. The Hall–Kier alpha value is -2.60. The van der Waals surface area contributed by atoms with E-state index in [0.717, 1.165) is 5.52 Å². The van der Waals surface area contributed by atoms with Crippen molar-refractivity contribution in [3.8, 4) is 17.0 Å². The minimum Gasteiger partial charge on any atom is -0.507 e. The van der Waals surface area contributed by atoms with Gasteiger partial charge in [0.1, 0.15) is 11.4 Å². The molecule has 1 aromatic carbocycles. The van der Waals surface area contributed by atoms with E-state index in [2.05, 4.69) is 21.6 Å². The molecule has 1 aliphatic rings. The minimum atomic E-state index is -0.476. The van der Waals surface area contributed by atoms with Gasteiger partial charge in [-0.25, -0.2) is 0 Å². The Balaban J connectivity index is 1.75. The first-order valence-corrected chi connectivity index (χ1v) is 8.22. The highest BCUT2D eigenvalue weighted by molar-refractivity contribution is 5.81. The lowest BCUT2D eigenvalue weighted by molar-refractivity contribution is 0.208. The van der Waals surface area contributed by atoms with Gasteiger partial charge in [-0.05, 0) is 55.5 Å². The summed E-state index contributed by atoms with van der Waals surface area (Å²) < 4.78 is 1.87. The van der Waals surface area contributed by atoms with Crippen LogP contribution in [0, 0.1) is 0 Å². The standard InChI is InChI=1S/C18H20N4O2/c1-11(23)10-19-18-21-20-17(15-3-2-8-22(15)18)14-7-6-13(9-16(14)24)12-4-5-12/h2-3,6-9,11-12,23-24H,4-5,10H2,1H3,(H,19,21). The number of anilines is 1. The summed E-state index contributed by atoms with van der Waals surface area (Å²) in [5.74, 6) is 1.40. The second-order valence-corrected chi connectivity index (χ2v) is 6.42. The van der Waals surface area contributed by atoms with Crippen molar-refractivity contribution >= 4 is 11.5 Å². The van der Waals surface area contributed by atoms with E-state index in [0.29, 0.717) is 29.7 Å². The van der Waals surface area contributed by atoms with E-state index in [1.54, 1.807) is 6.92 Å². The van der Waals surface area contributed by atoms with Crippen LogP contribution in [0.25, 0.3) is 16.8 Å². The zero-order valence-corrected chi connectivity index (χ0v) is 13.5. The molecule has 1 fully saturated rings. The van der Waals surface area contributed by atoms with Crippen molar-refractivity contribution in [2.75, 3.05) is 11.9 Å². The first-order valence-electron chi connectivity index (χ1n) is 8.22. The summed E-state index contributed by atoms with van der Waals surface area (Å²) in [5.41, 5.74) is 3.36. The molecular formula is C18H20N4O2. The predicted molar refractivity (Wildman–Crippen MR) is 92.2 cm³/mol. The average molecular weight is 324 g/mol. The number of aliphatic hydroxyl groups is 1. The van der Waals surface area contributed by atoms with Crippen molar-refractivity contribution in [2.24, 2.45) is 0 Å². The molecule has 0 aliphatic heterocycles. The summed E-state index contributed by atoms with van der Waals surface area (Å²) in [5, 5.41) is 31.5. The van der Waals surface area contributed by atoms with E-state index in [-0.39, 0.29) is 5.75 Å². The van der Waals surface area contributed by atoms with Crippen molar-refractivity contribution in [3.05, 3.63) is 42.1 Å². The zero-order chi connectivity index (χ0) is 16.7. The SMILES string of the molecule is CC(O)CNc1nnc(-c2ccc(C3CC3)cc2O)c2cccn12. The van der Waals surface area contributed by atoms with E-state index in [1.807, 2.05) is 34.9 Å². The van der Waals surface area contributed by atoms with Crippen LogP contribution in [0.2, 0.25) is 0 Å². The van der Waals surface area contributed by atoms with Crippen molar-refractivity contribution in [3.63, 3.8) is 0 Å². The lowest BCUT2D eigenvalue weighted by Gasteiger charge is -2.12. The number of hydrogen-bond donors (Lipinski definition) is 3. The molecule has 0 saturated heterocycles. The van der Waals surface area contributed by atoms with Gasteiger partial charge in [0.15, 0.2) is 0 Å². The Bertz CT molecular complexity index is 884. The quantitative estimate of drug-likeness (QED) is 0.672. The fraction of sp³-hybridized carbons (Fsp3) is 0.333. The van der Waals surface area contributed by atoms with E-state index in [4.69, 9.17) is 0 Å². The van der Waals surface area contributed by atoms with Crippen LogP contribution >= 0.6 is 0 Å². The number of nitrogens with zero attached hydrogens (tertiary/aromatic N) is 3. The molecule has 6 nitrogen and oxygen atoms in total. The van der Waals surface area contributed by atoms with E-state index < -0.39 is 6.10 Å². The average Bonchev–Trinajstić information content (AvgIpc) is 3.29. The molecule has 124 valence electrons. The highest BCUT2D eigenvalue weighted by Gasteiger charge is 2.24. The number of fused-ring (bicyclic) bond motifs is 1. The molecule has 0 radical (unpaired) electrons. The number of benzene rings is 1. The Kier molecular flexibility index (Phi) is 3.61. The second-order valence-electron chi connectivity index (χ2n) is 6.42. The van der Waals surface area contributed by atoms with Gasteiger partial charge in [-0.3, -0.25) is 4.40 Å².